The largest absolute Gasteiger partial charge is 0.505 e. The first-order chi connectivity index (χ1) is 16.4. The Balaban J connectivity index is 1.66. The Kier molecular flexibility index (Phi) is 6.71. The van der Waals surface area contributed by atoms with Crippen LogP contribution in [0, 0.1) is 5.82 Å². The van der Waals surface area contributed by atoms with Gasteiger partial charge in [0.15, 0.2) is 5.75 Å². The summed E-state index contributed by atoms with van der Waals surface area (Å²) >= 11 is 11.8. The number of carbonyl (C=O) groups is 1. The molecule has 13 heteroatoms. The fraction of sp³-hybridized carbons (Fsp3) is 0.273. The van der Waals surface area contributed by atoms with Gasteiger partial charge < -0.3 is 19.7 Å². The molecule has 0 aliphatic carbocycles. The second-order valence-electron chi connectivity index (χ2n) is 7.91. The minimum atomic E-state index is -4.12. The molecular weight excluding hydrogens is 524 g/mol. The van der Waals surface area contributed by atoms with E-state index in [0.29, 0.717) is 12.1 Å². The van der Waals surface area contributed by atoms with E-state index in [2.05, 4.69) is 0 Å². The van der Waals surface area contributed by atoms with E-state index in [-0.39, 0.29) is 47.3 Å². The Morgan fingerprint density at radius 2 is 1.77 bits per heavy atom. The van der Waals surface area contributed by atoms with Gasteiger partial charge in [-0.1, -0.05) is 23.2 Å². The predicted molar refractivity (Wildman–Crippen MR) is 130 cm³/mol. The lowest BCUT2D eigenvalue weighted by Crippen LogP contribution is -2.49. The number of rotatable bonds is 5. The average Bonchev–Trinajstić information content (AvgIpc) is 2.81. The van der Waals surface area contributed by atoms with Crippen LogP contribution in [-0.2, 0) is 16.6 Å². The van der Waals surface area contributed by atoms with E-state index >= 15 is 4.39 Å². The van der Waals surface area contributed by atoms with Crippen LogP contribution < -0.4 is 10.3 Å². The SMILES string of the molecule is CCn1cc(C(=O)O)c(=O)c2cc(F)c(N3CCN(S(=O)(=O)c4cc(Cl)cc(Cl)c4O)CC3)cc21. The molecule has 2 N–H and O–H groups in total. The van der Waals surface area contributed by atoms with E-state index in [1.54, 1.807) is 16.4 Å². The summed E-state index contributed by atoms with van der Waals surface area (Å²) in [6, 6.07) is 4.82. The highest BCUT2D eigenvalue weighted by Crippen LogP contribution is 2.36. The highest BCUT2D eigenvalue weighted by atomic mass is 35.5. The molecule has 0 atom stereocenters. The molecule has 35 heavy (non-hydrogen) atoms. The predicted octanol–water partition coefficient (Wildman–Crippen LogP) is 3.38. The third-order valence-corrected chi connectivity index (χ3v) is 8.33. The third kappa shape index (κ3) is 4.44. The van der Waals surface area contributed by atoms with E-state index in [4.69, 9.17) is 23.2 Å². The Morgan fingerprint density at radius 1 is 1.11 bits per heavy atom. The Hall–Kier alpha value is -2.86. The molecule has 0 saturated carbocycles. The maximum absolute atomic E-state index is 15.1. The number of halogens is 3. The molecule has 1 aliphatic heterocycles. The molecule has 2 heterocycles. The van der Waals surface area contributed by atoms with Crippen LogP contribution in [0.3, 0.4) is 0 Å². The fourth-order valence-electron chi connectivity index (χ4n) is 4.10. The molecule has 186 valence electrons. The number of carboxylic acids is 1. The first-order valence-corrected chi connectivity index (χ1v) is 12.7. The number of sulfonamides is 1. The third-order valence-electron chi connectivity index (χ3n) is 5.91. The number of pyridine rings is 1. The number of phenols is 1. The summed E-state index contributed by atoms with van der Waals surface area (Å²) in [5.41, 5.74) is -0.700. The van der Waals surface area contributed by atoms with Crippen LogP contribution in [0.4, 0.5) is 10.1 Å². The Labute approximate surface area is 209 Å². The summed E-state index contributed by atoms with van der Waals surface area (Å²) < 4.78 is 43.9. The number of aromatic nitrogens is 1. The molecule has 0 radical (unpaired) electrons. The lowest BCUT2D eigenvalue weighted by atomic mass is 10.1. The lowest BCUT2D eigenvalue weighted by molar-refractivity contribution is 0.0694. The van der Waals surface area contributed by atoms with Crippen molar-refractivity contribution in [3.63, 3.8) is 0 Å². The van der Waals surface area contributed by atoms with Gasteiger partial charge in [0.2, 0.25) is 15.5 Å². The summed E-state index contributed by atoms with van der Waals surface area (Å²) in [7, 11) is -4.12. The van der Waals surface area contributed by atoms with Crippen LogP contribution in [-0.4, -0.2) is 59.7 Å². The number of aromatic hydroxyl groups is 1. The summed E-state index contributed by atoms with van der Waals surface area (Å²) in [6.45, 7) is 2.34. The normalized spacial score (nSPS) is 15.0. The molecule has 0 amide bonds. The second-order valence-corrected chi connectivity index (χ2v) is 10.7. The average molecular weight is 544 g/mol. The number of benzene rings is 2. The van der Waals surface area contributed by atoms with Crippen LogP contribution in [0.1, 0.15) is 17.3 Å². The van der Waals surface area contributed by atoms with Crippen molar-refractivity contribution < 1.29 is 27.8 Å². The Bertz CT molecular complexity index is 1520. The lowest BCUT2D eigenvalue weighted by Gasteiger charge is -2.35. The number of hydrogen-bond donors (Lipinski definition) is 2. The highest BCUT2D eigenvalue weighted by molar-refractivity contribution is 7.89. The summed E-state index contributed by atoms with van der Waals surface area (Å²) in [6.07, 6.45) is 1.22. The number of phenolic OH excluding ortho intramolecular Hbond substituents is 1. The summed E-state index contributed by atoms with van der Waals surface area (Å²) in [4.78, 5) is 25.2. The van der Waals surface area contributed by atoms with Crippen molar-refractivity contribution in [3.8, 4) is 5.75 Å². The van der Waals surface area contributed by atoms with Gasteiger partial charge in [0, 0.05) is 49.3 Å². The van der Waals surface area contributed by atoms with Crippen LogP contribution in [0.15, 0.2) is 40.2 Å². The first-order valence-electron chi connectivity index (χ1n) is 10.5. The molecule has 0 unspecified atom stereocenters. The smallest absolute Gasteiger partial charge is 0.341 e. The van der Waals surface area contributed by atoms with E-state index in [1.165, 1.54) is 18.3 Å². The van der Waals surface area contributed by atoms with Gasteiger partial charge in [0.1, 0.15) is 16.3 Å². The molecule has 1 fully saturated rings. The molecule has 9 nitrogen and oxygen atoms in total. The van der Waals surface area contributed by atoms with Crippen molar-refractivity contribution in [2.45, 2.75) is 18.4 Å². The maximum atomic E-state index is 15.1. The highest BCUT2D eigenvalue weighted by Gasteiger charge is 2.32. The van der Waals surface area contributed by atoms with Gasteiger partial charge in [-0.3, -0.25) is 4.79 Å². The van der Waals surface area contributed by atoms with Gasteiger partial charge in [-0.25, -0.2) is 17.6 Å². The van der Waals surface area contributed by atoms with Crippen molar-refractivity contribution in [1.29, 1.82) is 0 Å². The maximum Gasteiger partial charge on any atom is 0.341 e. The van der Waals surface area contributed by atoms with Crippen molar-refractivity contribution in [3.05, 3.63) is 62.1 Å². The fourth-order valence-corrected chi connectivity index (χ4v) is 6.27. The molecule has 0 bridgehead atoms. The van der Waals surface area contributed by atoms with Gasteiger partial charge >= 0.3 is 5.97 Å². The molecule has 0 spiro atoms. The standard InChI is InChI=1S/C22H20Cl2FN3O6S/c1-2-26-11-14(22(31)32)20(29)13-9-16(25)18(10-17(13)26)27-3-5-28(6-4-27)35(33,34)19-8-12(23)7-15(24)21(19)30/h7-11,30H,2-6H2,1H3,(H,31,32). The molecular formula is C22H20Cl2FN3O6S. The molecule has 1 saturated heterocycles. The van der Waals surface area contributed by atoms with Gasteiger partial charge in [0.25, 0.3) is 0 Å². The molecule has 4 rings (SSSR count). The number of fused-ring (bicyclic) bond motifs is 1. The number of hydrogen-bond acceptors (Lipinski definition) is 6. The number of piperazine rings is 1. The minimum absolute atomic E-state index is 0.0120. The number of aromatic carboxylic acids is 1. The van der Waals surface area contributed by atoms with Crippen molar-refractivity contribution in [2.75, 3.05) is 31.1 Å². The van der Waals surface area contributed by atoms with Crippen LogP contribution in [0.25, 0.3) is 10.9 Å². The zero-order valence-corrected chi connectivity index (χ0v) is 20.7. The van der Waals surface area contributed by atoms with E-state index in [9.17, 15) is 28.2 Å². The van der Waals surface area contributed by atoms with Crippen LogP contribution in [0.5, 0.6) is 5.75 Å². The zero-order chi connectivity index (χ0) is 25.7. The zero-order valence-electron chi connectivity index (χ0n) is 18.3. The van der Waals surface area contributed by atoms with Crippen molar-refractivity contribution in [2.24, 2.45) is 0 Å². The van der Waals surface area contributed by atoms with E-state index < -0.39 is 43.4 Å². The van der Waals surface area contributed by atoms with Gasteiger partial charge in [-0.2, -0.15) is 4.31 Å². The molecule has 1 aliphatic rings. The Morgan fingerprint density at radius 3 is 2.37 bits per heavy atom. The van der Waals surface area contributed by atoms with E-state index in [1.807, 2.05) is 0 Å². The van der Waals surface area contributed by atoms with Gasteiger partial charge in [-0.15, -0.1) is 0 Å². The summed E-state index contributed by atoms with van der Waals surface area (Å²) in [5.74, 6) is -2.72. The number of nitrogens with zero attached hydrogens (tertiary/aromatic N) is 3. The van der Waals surface area contributed by atoms with E-state index in [0.717, 1.165) is 16.4 Å². The number of carboxylic acid groups (broad SMARTS) is 1. The van der Waals surface area contributed by atoms with Crippen LogP contribution >= 0.6 is 23.2 Å². The summed E-state index contributed by atoms with van der Waals surface area (Å²) in [5, 5.41) is 19.3. The topological polar surface area (TPSA) is 120 Å². The molecule has 3 aromatic rings. The van der Waals surface area contributed by atoms with Gasteiger partial charge in [0.05, 0.1) is 16.2 Å². The molecule has 2 aromatic carbocycles. The minimum Gasteiger partial charge on any atom is -0.505 e. The monoisotopic (exact) mass is 543 g/mol. The van der Waals surface area contributed by atoms with Crippen LogP contribution in [0.2, 0.25) is 10.0 Å². The van der Waals surface area contributed by atoms with Crippen molar-refractivity contribution >= 4 is 55.8 Å². The molecule has 1 aromatic heterocycles. The number of aryl methyl sites for hydroxylation is 1. The quantitative estimate of drug-likeness (QED) is 0.506. The van der Waals surface area contributed by atoms with Crippen molar-refractivity contribution in [1.82, 2.24) is 8.87 Å². The first kappa shape index (κ1) is 25.2. The van der Waals surface area contributed by atoms with Gasteiger partial charge in [-0.05, 0) is 31.2 Å². The number of anilines is 1. The second kappa shape index (κ2) is 9.30.